The van der Waals surface area contributed by atoms with Crippen molar-refractivity contribution in [2.24, 2.45) is 5.92 Å². The molecule has 0 spiro atoms. The second kappa shape index (κ2) is 6.61. The average molecular weight is 277 g/mol. The number of carboxylic acid groups (broad SMARTS) is 1. The summed E-state index contributed by atoms with van der Waals surface area (Å²) in [6, 6.07) is 4.77. The number of anilines is 2. The molecule has 110 valence electrons. The van der Waals surface area contributed by atoms with Crippen molar-refractivity contribution in [1.29, 1.82) is 0 Å². The molecule has 1 aliphatic heterocycles. The maximum absolute atomic E-state index is 10.9. The Hall–Kier alpha value is -1.75. The fourth-order valence-electron chi connectivity index (χ4n) is 2.60. The minimum Gasteiger partial charge on any atom is -0.478 e. The Balaban J connectivity index is 1.84. The summed E-state index contributed by atoms with van der Waals surface area (Å²) in [6.45, 7) is 3.17. The van der Waals surface area contributed by atoms with Gasteiger partial charge in [0.05, 0.1) is 16.9 Å². The van der Waals surface area contributed by atoms with Gasteiger partial charge in [-0.15, -0.1) is 0 Å². The zero-order chi connectivity index (χ0) is 14.5. The molecule has 1 fully saturated rings. The van der Waals surface area contributed by atoms with Crippen LogP contribution in [0.15, 0.2) is 18.2 Å². The standard InChI is InChI=1S/C15H23N3O2/c1-18-8-5-11(6-9-18)4-7-17-14-10-12(15(19)20)2-3-13(14)16/h2-3,10-11,17H,4-9,16H2,1H3,(H,19,20). The van der Waals surface area contributed by atoms with E-state index in [1.807, 2.05) is 0 Å². The first-order valence-electron chi connectivity index (χ1n) is 7.11. The lowest BCUT2D eigenvalue weighted by Gasteiger charge is -2.29. The van der Waals surface area contributed by atoms with Crippen LogP contribution in [0.4, 0.5) is 11.4 Å². The van der Waals surface area contributed by atoms with Gasteiger partial charge in [-0.25, -0.2) is 4.79 Å². The molecule has 1 aromatic rings. The van der Waals surface area contributed by atoms with Crippen molar-refractivity contribution in [3.8, 4) is 0 Å². The Morgan fingerprint density at radius 1 is 1.45 bits per heavy atom. The van der Waals surface area contributed by atoms with E-state index < -0.39 is 5.97 Å². The van der Waals surface area contributed by atoms with E-state index in [1.54, 1.807) is 12.1 Å². The monoisotopic (exact) mass is 277 g/mol. The third kappa shape index (κ3) is 3.87. The van der Waals surface area contributed by atoms with E-state index in [0.29, 0.717) is 5.69 Å². The summed E-state index contributed by atoms with van der Waals surface area (Å²) >= 11 is 0. The quantitative estimate of drug-likeness (QED) is 0.718. The van der Waals surface area contributed by atoms with Gasteiger partial charge in [0.15, 0.2) is 0 Å². The third-order valence-corrected chi connectivity index (χ3v) is 4.01. The fraction of sp³-hybridized carbons (Fsp3) is 0.533. The van der Waals surface area contributed by atoms with Crippen LogP contribution in [0.3, 0.4) is 0 Å². The third-order valence-electron chi connectivity index (χ3n) is 4.01. The molecule has 1 aromatic carbocycles. The number of nitrogens with two attached hydrogens (primary N) is 1. The summed E-state index contributed by atoms with van der Waals surface area (Å²) in [5.74, 6) is -0.175. The maximum atomic E-state index is 10.9. The lowest BCUT2D eigenvalue weighted by molar-refractivity contribution is 0.0697. The Labute approximate surface area is 119 Å². The van der Waals surface area contributed by atoms with Gasteiger partial charge >= 0.3 is 5.97 Å². The van der Waals surface area contributed by atoms with Crippen molar-refractivity contribution in [1.82, 2.24) is 4.90 Å². The lowest BCUT2D eigenvalue weighted by Crippen LogP contribution is -2.30. The van der Waals surface area contributed by atoms with Crippen LogP contribution in [0.1, 0.15) is 29.6 Å². The predicted molar refractivity (Wildman–Crippen MR) is 81.1 cm³/mol. The number of rotatable bonds is 5. The van der Waals surface area contributed by atoms with Gasteiger partial charge in [-0.05, 0) is 63.5 Å². The van der Waals surface area contributed by atoms with Gasteiger partial charge < -0.3 is 21.1 Å². The second-order valence-corrected chi connectivity index (χ2v) is 5.57. The summed E-state index contributed by atoms with van der Waals surface area (Å²) in [5, 5.41) is 12.2. The predicted octanol–water partition coefficient (Wildman–Crippen LogP) is 2.11. The molecule has 20 heavy (non-hydrogen) atoms. The number of hydrogen-bond acceptors (Lipinski definition) is 4. The van der Waals surface area contributed by atoms with Gasteiger partial charge in [0, 0.05) is 6.54 Å². The van der Waals surface area contributed by atoms with Crippen molar-refractivity contribution >= 4 is 17.3 Å². The number of nitrogens with zero attached hydrogens (tertiary/aromatic N) is 1. The molecule has 0 saturated carbocycles. The highest BCUT2D eigenvalue weighted by atomic mass is 16.4. The minimum atomic E-state index is -0.927. The number of hydrogen-bond donors (Lipinski definition) is 3. The van der Waals surface area contributed by atoms with Crippen molar-refractivity contribution < 1.29 is 9.90 Å². The van der Waals surface area contributed by atoms with E-state index in [1.165, 1.54) is 32.0 Å². The van der Waals surface area contributed by atoms with E-state index in [-0.39, 0.29) is 5.56 Å². The number of nitrogen functional groups attached to an aromatic ring is 1. The van der Waals surface area contributed by atoms with Gasteiger partial charge in [-0.2, -0.15) is 0 Å². The average Bonchev–Trinajstić information content (AvgIpc) is 2.43. The van der Waals surface area contributed by atoms with Gasteiger partial charge in [0.1, 0.15) is 0 Å². The first kappa shape index (κ1) is 14.7. The van der Waals surface area contributed by atoms with Gasteiger partial charge in [-0.1, -0.05) is 0 Å². The molecule has 1 aliphatic rings. The van der Waals surface area contributed by atoms with E-state index in [0.717, 1.165) is 24.6 Å². The summed E-state index contributed by atoms with van der Waals surface area (Å²) in [7, 11) is 2.16. The second-order valence-electron chi connectivity index (χ2n) is 5.57. The molecular weight excluding hydrogens is 254 g/mol. The fourth-order valence-corrected chi connectivity index (χ4v) is 2.60. The number of aromatic carboxylic acids is 1. The van der Waals surface area contributed by atoms with E-state index in [4.69, 9.17) is 10.8 Å². The highest BCUT2D eigenvalue weighted by Crippen LogP contribution is 2.22. The molecule has 1 saturated heterocycles. The molecule has 4 N–H and O–H groups in total. The Morgan fingerprint density at radius 2 is 2.15 bits per heavy atom. The maximum Gasteiger partial charge on any atom is 0.335 e. The lowest BCUT2D eigenvalue weighted by atomic mass is 9.94. The number of nitrogens with one attached hydrogen (secondary N) is 1. The van der Waals surface area contributed by atoms with Crippen LogP contribution in [0.5, 0.6) is 0 Å². The van der Waals surface area contributed by atoms with Gasteiger partial charge in [0.25, 0.3) is 0 Å². The van der Waals surface area contributed by atoms with Crippen LogP contribution >= 0.6 is 0 Å². The zero-order valence-electron chi connectivity index (χ0n) is 11.9. The number of likely N-dealkylation sites (tertiary alicyclic amines) is 1. The van der Waals surface area contributed by atoms with Crippen LogP contribution < -0.4 is 11.1 Å². The summed E-state index contributed by atoms with van der Waals surface area (Å²) in [6.07, 6.45) is 3.58. The van der Waals surface area contributed by atoms with Gasteiger partial charge in [0.2, 0.25) is 0 Å². The van der Waals surface area contributed by atoms with Crippen molar-refractivity contribution in [2.45, 2.75) is 19.3 Å². The SMILES string of the molecule is CN1CCC(CCNc2cc(C(=O)O)ccc2N)CC1. The highest BCUT2D eigenvalue weighted by molar-refractivity contribution is 5.90. The van der Waals surface area contributed by atoms with E-state index in [2.05, 4.69) is 17.3 Å². The van der Waals surface area contributed by atoms with E-state index >= 15 is 0 Å². The van der Waals surface area contributed by atoms with E-state index in [9.17, 15) is 4.79 Å². The Kier molecular flexibility index (Phi) is 4.84. The summed E-state index contributed by atoms with van der Waals surface area (Å²) in [4.78, 5) is 13.3. The first-order chi connectivity index (χ1) is 9.56. The molecule has 5 heteroatoms. The largest absolute Gasteiger partial charge is 0.478 e. The van der Waals surface area contributed by atoms with Crippen molar-refractivity contribution in [2.75, 3.05) is 37.7 Å². The Bertz CT molecular complexity index is 468. The smallest absolute Gasteiger partial charge is 0.335 e. The van der Waals surface area contributed by atoms with Crippen LogP contribution in [0.2, 0.25) is 0 Å². The normalized spacial score (nSPS) is 17.1. The van der Waals surface area contributed by atoms with Gasteiger partial charge in [-0.3, -0.25) is 0 Å². The molecule has 0 unspecified atom stereocenters. The molecule has 0 bridgehead atoms. The van der Waals surface area contributed by atoms with Crippen LogP contribution in [0, 0.1) is 5.92 Å². The molecule has 0 radical (unpaired) electrons. The molecule has 0 aromatic heterocycles. The van der Waals surface area contributed by atoms with Crippen molar-refractivity contribution in [3.05, 3.63) is 23.8 Å². The molecule has 2 rings (SSSR count). The summed E-state index contributed by atoms with van der Waals surface area (Å²) < 4.78 is 0. The minimum absolute atomic E-state index is 0.265. The summed E-state index contributed by atoms with van der Waals surface area (Å²) in [5.41, 5.74) is 7.45. The Morgan fingerprint density at radius 3 is 2.80 bits per heavy atom. The topological polar surface area (TPSA) is 78.6 Å². The van der Waals surface area contributed by atoms with Crippen LogP contribution in [-0.2, 0) is 0 Å². The molecule has 1 heterocycles. The highest BCUT2D eigenvalue weighted by Gasteiger charge is 2.16. The number of carbonyl (C=O) groups is 1. The molecule has 0 amide bonds. The van der Waals surface area contributed by atoms with Crippen LogP contribution in [0.25, 0.3) is 0 Å². The van der Waals surface area contributed by atoms with Crippen LogP contribution in [-0.4, -0.2) is 42.7 Å². The molecular formula is C15H23N3O2. The number of carboxylic acids is 1. The van der Waals surface area contributed by atoms with Crippen molar-refractivity contribution in [3.63, 3.8) is 0 Å². The molecule has 5 nitrogen and oxygen atoms in total. The number of piperidine rings is 1. The number of benzene rings is 1. The zero-order valence-corrected chi connectivity index (χ0v) is 11.9. The molecule has 0 aliphatic carbocycles. The molecule has 0 atom stereocenters. The first-order valence-corrected chi connectivity index (χ1v) is 7.11.